The number of carbonyl (C=O) groups is 1. The zero-order valence-electron chi connectivity index (χ0n) is 18.9. The van der Waals surface area contributed by atoms with Gasteiger partial charge in [0.1, 0.15) is 23.8 Å². The third-order valence-corrected chi connectivity index (χ3v) is 5.82. The number of aromatic amines is 1. The van der Waals surface area contributed by atoms with Crippen LogP contribution in [-0.2, 0) is 0 Å². The summed E-state index contributed by atoms with van der Waals surface area (Å²) in [6.07, 6.45) is 10.1. The quantitative estimate of drug-likeness (QED) is 0.361. The van der Waals surface area contributed by atoms with E-state index in [1.165, 1.54) is 4.90 Å². The minimum atomic E-state index is -0.776. The predicted octanol–water partition coefficient (Wildman–Crippen LogP) is 1.23. The number of aliphatic hydroxyl groups excluding tert-OH is 1. The Morgan fingerprint density at radius 1 is 1.21 bits per heavy atom. The van der Waals surface area contributed by atoms with Crippen LogP contribution in [0.5, 0.6) is 0 Å². The first-order valence-electron chi connectivity index (χ1n) is 10.8. The first-order chi connectivity index (χ1) is 16.4. The van der Waals surface area contributed by atoms with Gasteiger partial charge in [-0.15, -0.1) is 0 Å². The van der Waals surface area contributed by atoms with E-state index < -0.39 is 6.23 Å². The number of hydrogen-bond donors (Lipinski definition) is 5. The maximum Gasteiger partial charge on any atom is 0.321 e. The van der Waals surface area contributed by atoms with Crippen molar-refractivity contribution in [1.82, 2.24) is 35.7 Å². The highest BCUT2D eigenvalue weighted by molar-refractivity contribution is 6.09. The number of aliphatic imine (C=N–C) groups is 1. The van der Waals surface area contributed by atoms with Gasteiger partial charge in [0.15, 0.2) is 5.65 Å². The zero-order chi connectivity index (χ0) is 23.8. The van der Waals surface area contributed by atoms with E-state index in [0.29, 0.717) is 17.2 Å². The van der Waals surface area contributed by atoms with E-state index in [-0.39, 0.29) is 18.1 Å². The Balaban J connectivity index is 1.48. The van der Waals surface area contributed by atoms with Crippen LogP contribution in [0.25, 0.3) is 22.2 Å². The lowest BCUT2D eigenvalue weighted by Gasteiger charge is -2.24. The fourth-order valence-corrected chi connectivity index (χ4v) is 4.01. The van der Waals surface area contributed by atoms with Crippen LogP contribution in [-0.4, -0.2) is 81.5 Å². The SMILES string of the molecule is CN[C@H](O)C1=CC=CC2NC(c3[nH]nc4ncc(-c5cncc(NC(=O)N(C)C)c5)cc34)=NC12. The molecule has 0 fully saturated rings. The summed E-state index contributed by atoms with van der Waals surface area (Å²) in [5.74, 6) is 0.655. The van der Waals surface area contributed by atoms with Gasteiger partial charge < -0.3 is 20.6 Å². The molecule has 5 N–H and O–H groups in total. The van der Waals surface area contributed by atoms with Gasteiger partial charge in [-0.1, -0.05) is 18.2 Å². The monoisotopic (exact) mass is 459 g/mol. The minimum absolute atomic E-state index is 0.0614. The molecule has 2 amide bonds. The molecule has 2 aliphatic rings. The number of pyridine rings is 2. The molecular formula is C23H25N9O2. The van der Waals surface area contributed by atoms with Crippen LogP contribution < -0.4 is 16.0 Å². The molecule has 3 aromatic heterocycles. The molecule has 0 radical (unpaired) electrons. The molecule has 1 aliphatic carbocycles. The van der Waals surface area contributed by atoms with Crippen molar-refractivity contribution < 1.29 is 9.90 Å². The van der Waals surface area contributed by atoms with Gasteiger partial charge in [-0.25, -0.2) is 9.78 Å². The summed E-state index contributed by atoms with van der Waals surface area (Å²) < 4.78 is 0. The van der Waals surface area contributed by atoms with Crippen molar-refractivity contribution in [2.45, 2.75) is 18.3 Å². The average molecular weight is 460 g/mol. The molecule has 0 saturated heterocycles. The number of aliphatic hydroxyl groups is 1. The summed E-state index contributed by atoms with van der Waals surface area (Å²) >= 11 is 0. The normalized spacial score (nSPS) is 19.8. The van der Waals surface area contributed by atoms with E-state index in [9.17, 15) is 9.90 Å². The largest absolute Gasteiger partial charge is 0.375 e. The van der Waals surface area contributed by atoms with Crippen LogP contribution in [0, 0.1) is 0 Å². The van der Waals surface area contributed by atoms with E-state index in [4.69, 9.17) is 4.99 Å². The molecule has 2 unspecified atom stereocenters. The van der Waals surface area contributed by atoms with Crippen molar-refractivity contribution in [3.05, 3.63) is 60.2 Å². The van der Waals surface area contributed by atoms with Gasteiger partial charge >= 0.3 is 6.03 Å². The number of urea groups is 1. The van der Waals surface area contributed by atoms with Gasteiger partial charge in [-0.3, -0.25) is 20.4 Å². The first kappa shape index (κ1) is 21.7. The highest BCUT2D eigenvalue weighted by Crippen LogP contribution is 2.29. The average Bonchev–Trinajstić information content (AvgIpc) is 3.47. The van der Waals surface area contributed by atoms with Gasteiger partial charge in [-0.2, -0.15) is 5.10 Å². The lowest BCUT2D eigenvalue weighted by atomic mass is 9.94. The molecule has 0 spiro atoms. The van der Waals surface area contributed by atoms with Crippen LogP contribution >= 0.6 is 0 Å². The number of rotatable bonds is 5. The third-order valence-electron chi connectivity index (χ3n) is 5.82. The van der Waals surface area contributed by atoms with E-state index in [0.717, 1.165) is 27.8 Å². The number of hydrogen-bond acceptors (Lipinski definition) is 8. The molecule has 34 heavy (non-hydrogen) atoms. The van der Waals surface area contributed by atoms with Crippen molar-refractivity contribution >= 4 is 28.6 Å². The van der Waals surface area contributed by atoms with Crippen LogP contribution in [0.2, 0.25) is 0 Å². The molecule has 0 saturated carbocycles. The van der Waals surface area contributed by atoms with E-state index in [2.05, 4.69) is 36.1 Å². The zero-order valence-corrected chi connectivity index (χ0v) is 18.9. The molecule has 3 atom stereocenters. The van der Waals surface area contributed by atoms with Crippen molar-refractivity contribution in [2.75, 3.05) is 26.5 Å². The second-order valence-corrected chi connectivity index (χ2v) is 8.32. The maximum absolute atomic E-state index is 12.0. The Labute approximate surface area is 195 Å². The lowest BCUT2D eigenvalue weighted by molar-refractivity contribution is 0.175. The molecule has 11 nitrogen and oxygen atoms in total. The number of anilines is 1. The number of amides is 2. The summed E-state index contributed by atoms with van der Waals surface area (Å²) in [7, 11) is 5.06. The Kier molecular flexibility index (Phi) is 5.56. The molecule has 11 heteroatoms. The summed E-state index contributed by atoms with van der Waals surface area (Å²) in [5, 5.41) is 27.6. The molecule has 4 heterocycles. The fraction of sp³-hybridized carbons (Fsp3) is 0.261. The second kappa shape index (κ2) is 8.69. The summed E-state index contributed by atoms with van der Waals surface area (Å²) in [6.45, 7) is 0. The van der Waals surface area contributed by atoms with Crippen molar-refractivity contribution in [1.29, 1.82) is 0 Å². The van der Waals surface area contributed by atoms with E-state index >= 15 is 0 Å². The number of nitrogens with zero attached hydrogens (tertiary/aromatic N) is 5. The number of nitrogens with one attached hydrogen (secondary N) is 4. The number of carbonyl (C=O) groups excluding carboxylic acids is 1. The number of amidine groups is 1. The van der Waals surface area contributed by atoms with Crippen molar-refractivity contribution in [3.8, 4) is 11.1 Å². The number of aromatic nitrogens is 4. The molecule has 0 aromatic carbocycles. The number of allylic oxidation sites excluding steroid dienone is 2. The highest BCUT2D eigenvalue weighted by atomic mass is 16.3. The molecule has 5 rings (SSSR count). The third kappa shape index (κ3) is 3.91. The summed E-state index contributed by atoms with van der Waals surface area (Å²) in [5.41, 5.74) is 4.29. The second-order valence-electron chi connectivity index (χ2n) is 8.32. The van der Waals surface area contributed by atoms with Gasteiger partial charge in [-0.05, 0) is 24.8 Å². The molecule has 3 aromatic rings. The number of fused-ring (bicyclic) bond motifs is 2. The van der Waals surface area contributed by atoms with Crippen LogP contribution in [0.3, 0.4) is 0 Å². The van der Waals surface area contributed by atoms with Gasteiger partial charge in [0.2, 0.25) is 0 Å². The Hall–Kier alpha value is -4.09. The highest BCUT2D eigenvalue weighted by Gasteiger charge is 2.35. The summed E-state index contributed by atoms with van der Waals surface area (Å²) in [4.78, 5) is 27.0. The van der Waals surface area contributed by atoms with Crippen molar-refractivity contribution in [2.24, 2.45) is 4.99 Å². The predicted molar refractivity (Wildman–Crippen MR) is 129 cm³/mol. The van der Waals surface area contributed by atoms with Crippen LogP contribution in [0.1, 0.15) is 5.69 Å². The Morgan fingerprint density at radius 3 is 2.82 bits per heavy atom. The molecule has 0 bridgehead atoms. The maximum atomic E-state index is 12.0. The van der Waals surface area contributed by atoms with E-state index in [1.54, 1.807) is 39.7 Å². The van der Waals surface area contributed by atoms with Crippen molar-refractivity contribution in [3.63, 3.8) is 0 Å². The van der Waals surface area contributed by atoms with Gasteiger partial charge in [0.25, 0.3) is 0 Å². The smallest absolute Gasteiger partial charge is 0.321 e. The number of H-pyrrole nitrogens is 1. The lowest BCUT2D eigenvalue weighted by Crippen LogP contribution is -2.41. The molecule has 1 aliphatic heterocycles. The summed E-state index contributed by atoms with van der Waals surface area (Å²) in [6, 6.07) is 3.29. The molecular weight excluding hydrogens is 434 g/mol. The van der Waals surface area contributed by atoms with Gasteiger partial charge in [0, 0.05) is 37.6 Å². The standard InChI is InChI=1S/C23H25N9O2/c1-24-22(33)15-5-4-6-17-18(15)29-21(28-17)19-16-8-13(10-26-20(16)31-30-19)12-7-14(11-25-9-12)27-23(34)32(2)3/h4-11,17-18,22,24,33H,1-3H3,(H,27,34)(H,28,29)(H,26,30,31)/t17?,18?,22-/m1/s1. The Bertz CT molecular complexity index is 1340. The Morgan fingerprint density at radius 2 is 2.03 bits per heavy atom. The van der Waals surface area contributed by atoms with Crippen LogP contribution in [0.15, 0.2) is 59.5 Å². The van der Waals surface area contributed by atoms with Crippen LogP contribution in [0.4, 0.5) is 10.5 Å². The topological polar surface area (TPSA) is 143 Å². The fourth-order valence-electron chi connectivity index (χ4n) is 4.01. The first-order valence-corrected chi connectivity index (χ1v) is 10.8. The molecule has 174 valence electrons. The number of likely N-dealkylation sites (N-methyl/N-ethyl adjacent to an activating group) is 1. The van der Waals surface area contributed by atoms with Gasteiger partial charge in [0.05, 0.1) is 23.3 Å². The van der Waals surface area contributed by atoms with E-state index in [1.807, 2.05) is 30.4 Å². The minimum Gasteiger partial charge on any atom is -0.375 e.